The Morgan fingerprint density at radius 2 is 2.00 bits per heavy atom. The number of anilines is 1. The fraction of sp³-hybridized carbons (Fsp3) is 0.111. The van der Waals surface area contributed by atoms with Crippen LogP contribution in [0.2, 0.25) is 5.02 Å². The Morgan fingerprint density at radius 1 is 1.21 bits per heavy atom. The summed E-state index contributed by atoms with van der Waals surface area (Å²) in [6.45, 7) is 0. The fourth-order valence-electron chi connectivity index (χ4n) is 2.22. The van der Waals surface area contributed by atoms with E-state index in [1.54, 1.807) is 37.4 Å². The molecular formula is C18H15ClN2O3. The van der Waals surface area contributed by atoms with Crippen molar-refractivity contribution in [3.8, 4) is 17.1 Å². The number of carbonyl (C=O) groups excluding carboxylic acids is 1. The van der Waals surface area contributed by atoms with Gasteiger partial charge in [0.1, 0.15) is 5.75 Å². The summed E-state index contributed by atoms with van der Waals surface area (Å²) in [4.78, 5) is 12.1. The summed E-state index contributed by atoms with van der Waals surface area (Å²) in [5, 5.41) is 7.39. The van der Waals surface area contributed by atoms with Gasteiger partial charge in [0.25, 0.3) is 0 Å². The lowest BCUT2D eigenvalue weighted by Gasteiger charge is -2.05. The molecule has 0 radical (unpaired) electrons. The Kier molecular flexibility index (Phi) is 4.82. The van der Waals surface area contributed by atoms with Crippen LogP contribution in [0.1, 0.15) is 5.69 Å². The Labute approximate surface area is 144 Å². The molecule has 0 aliphatic rings. The second-order valence-corrected chi connectivity index (χ2v) is 5.58. The van der Waals surface area contributed by atoms with Gasteiger partial charge in [-0.3, -0.25) is 4.79 Å². The van der Waals surface area contributed by atoms with E-state index in [1.165, 1.54) is 0 Å². The van der Waals surface area contributed by atoms with Crippen LogP contribution in [0.15, 0.2) is 59.1 Å². The largest absolute Gasteiger partial charge is 0.497 e. The van der Waals surface area contributed by atoms with Crippen molar-refractivity contribution in [3.05, 3.63) is 65.3 Å². The zero-order valence-corrected chi connectivity index (χ0v) is 13.7. The summed E-state index contributed by atoms with van der Waals surface area (Å²) < 4.78 is 10.4. The minimum Gasteiger partial charge on any atom is -0.497 e. The maximum atomic E-state index is 12.1. The summed E-state index contributed by atoms with van der Waals surface area (Å²) in [6, 6.07) is 16.1. The van der Waals surface area contributed by atoms with E-state index < -0.39 is 0 Å². The number of methoxy groups -OCH3 is 1. The highest BCUT2D eigenvalue weighted by Gasteiger charge is 2.11. The Balaban J connectivity index is 1.65. The minimum absolute atomic E-state index is 0.119. The van der Waals surface area contributed by atoms with Gasteiger partial charge in [-0.05, 0) is 36.4 Å². The summed E-state index contributed by atoms with van der Waals surface area (Å²) in [5.74, 6) is 1.09. The number of halogens is 1. The smallest absolute Gasteiger partial charge is 0.230 e. The Hall–Kier alpha value is -2.79. The SMILES string of the molecule is COc1cccc(NC(=O)Cc2cc(-c3ccc(Cl)cc3)on2)c1. The van der Waals surface area contributed by atoms with Crippen LogP contribution in [-0.4, -0.2) is 18.2 Å². The van der Waals surface area contributed by atoms with Crippen LogP contribution >= 0.6 is 11.6 Å². The molecule has 0 spiro atoms. The predicted octanol–water partition coefficient (Wildman–Crippen LogP) is 4.18. The molecule has 1 heterocycles. The van der Waals surface area contributed by atoms with Gasteiger partial charge in [0.05, 0.1) is 19.2 Å². The molecule has 5 nitrogen and oxygen atoms in total. The maximum absolute atomic E-state index is 12.1. The molecule has 0 fully saturated rings. The number of nitrogens with zero attached hydrogens (tertiary/aromatic N) is 1. The lowest BCUT2D eigenvalue weighted by Crippen LogP contribution is -2.14. The average Bonchev–Trinajstić information content (AvgIpc) is 3.04. The maximum Gasteiger partial charge on any atom is 0.230 e. The van der Waals surface area contributed by atoms with Crippen molar-refractivity contribution in [2.45, 2.75) is 6.42 Å². The van der Waals surface area contributed by atoms with Crippen LogP contribution < -0.4 is 10.1 Å². The molecule has 0 saturated carbocycles. The Morgan fingerprint density at radius 3 is 2.75 bits per heavy atom. The molecule has 1 N–H and O–H groups in total. The van der Waals surface area contributed by atoms with Gasteiger partial charge in [0.15, 0.2) is 5.76 Å². The van der Waals surface area contributed by atoms with Crippen molar-refractivity contribution in [3.63, 3.8) is 0 Å². The molecule has 1 amide bonds. The molecule has 0 atom stereocenters. The van der Waals surface area contributed by atoms with Gasteiger partial charge in [0, 0.05) is 28.4 Å². The Bertz CT molecular complexity index is 843. The molecular weight excluding hydrogens is 328 g/mol. The molecule has 0 aliphatic carbocycles. The van der Waals surface area contributed by atoms with Crippen molar-refractivity contribution in [2.75, 3.05) is 12.4 Å². The van der Waals surface area contributed by atoms with Gasteiger partial charge in [-0.2, -0.15) is 0 Å². The fourth-order valence-corrected chi connectivity index (χ4v) is 2.34. The molecule has 3 aromatic rings. The number of nitrogens with one attached hydrogen (secondary N) is 1. The molecule has 0 bridgehead atoms. The molecule has 6 heteroatoms. The second kappa shape index (κ2) is 7.19. The van der Waals surface area contributed by atoms with E-state index in [0.717, 1.165) is 5.56 Å². The minimum atomic E-state index is -0.181. The van der Waals surface area contributed by atoms with E-state index in [9.17, 15) is 4.79 Å². The van der Waals surface area contributed by atoms with Crippen LogP contribution in [0.25, 0.3) is 11.3 Å². The first-order valence-electron chi connectivity index (χ1n) is 7.29. The zero-order chi connectivity index (χ0) is 16.9. The highest BCUT2D eigenvalue weighted by atomic mass is 35.5. The summed E-state index contributed by atoms with van der Waals surface area (Å²) in [7, 11) is 1.58. The van der Waals surface area contributed by atoms with Crippen molar-refractivity contribution in [1.29, 1.82) is 0 Å². The quantitative estimate of drug-likeness (QED) is 0.755. The summed E-state index contributed by atoms with van der Waals surface area (Å²) >= 11 is 5.86. The number of aromatic nitrogens is 1. The van der Waals surface area contributed by atoms with Crippen LogP contribution in [0.5, 0.6) is 5.75 Å². The third kappa shape index (κ3) is 3.94. The number of amides is 1. The number of rotatable bonds is 5. The van der Waals surface area contributed by atoms with Gasteiger partial charge in [-0.15, -0.1) is 0 Å². The van der Waals surface area contributed by atoms with Gasteiger partial charge >= 0.3 is 0 Å². The standard InChI is InChI=1S/C18H15ClN2O3/c1-23-16-4-2-3-14(9-16)20-18(22)11-15-10-17(24-21-15)12-5-7-13(19)8-6-12/h2-10H,11H2,1H3,(H,20,22). The zero-order valence-electron chi connectivity index (χ0n) is 13.0. The molecule has 122 valence electrons. The molecule has 0 saturated heterocycles. The van der Waals surface area contributed by atoms with Crippen molar-refractivity contribution in [2.24, 2.45) is 0 Å². The van der Waals surface area contributed by atoms with Crippen molar-refractivity contribution >= 4 is 23.2 Å². The van der Waals surface area contributed by atoms with Crippen LogP contribution in [0.4, 0.5) is 5.69 Å². The molecule has 0 aliphatic heterocycles. The number of hydrogen-bond acceptors (Lipinski definition) is 4. The normalized spacial score (nSPS) is 10.4. The first kappa shape index (κ1) is 16.1. The first-order valence-corrected chi connectivity index (χ1v) is 7.67. The van der Waals surface area contributed by atoms with Crippen LogP contribution in [0.3, 0.4) is 0 Å². The van der Waals surface area contributed by atoms with E-state index in [-0.39, 0.29) is 12.3 Å². The first-order chi connectivity index (χ1) is 11.6. The molecule has 1 aromatic heterocycles. The average molecular weight is 343 g/mol. The lowest BCUT2D eigenvalue weighted by molar-refractivity contribution is -0.115. The van der Waals surface area contributed by atoms with E-state index in [4.69, 9.17) is 20.9 Å². The van der Waals surface area contributed by atoms with E-state index >= 15 is 0 Å². The van der Waals surface area contributed by atoms with Gasteiger partial charge in [-0.25, -0.2) is 0 Å². The van der Waals surface area contributed by atoms with E-state index in [1.807, 2.05) is 24.3 Å². The predicted molar refractivity (Wildman–Crippen MR) is 92.3 cm³/mol. The summed E-state index contributed by atoms with van der Waals surface area (Å²) in [6.07, 6.45) is 0.119. The monoisotopic (exact) mass is 342 g/mol. The van der Waals surface area contributed by atoms with E-state index in [0.29, 0.717) is 27.9 Å². The van der Waals surface area contributed by atoms with Gasteiger partial charge in [0.2, 0.25) is 5.91 Å². The van der Waals surface area contributed by atoms with Crippen molar-refractivity contribution in [1.82, 2.24) is 5.16 Å². The topological polar surface area (TPSA) is 64.4 Å². The number of carbonyl (C=O) groups is 1. The van der Waals surface area contributed by atoms with Crippen molar-refractivity contribution < 1.29 is 14.1 Å². The third-order valence-electron chi connectivity index (χ3n) is 3.38. The van der Waals surface area contributed by atoms with Gasteiger partial charge < -0.3 is 14.6 Å². The molecule has 0 unspecified atom stereocenters. The van der Waals surface area contributed by atoms with Crippen LogP contribution in [-0.2, 0) is 11.2 Å². The lowest BCUT2D eigenvalue weighted by atomic mass is 10.1. The molecule has 2 aromatic carbocycles. The number of ether oxygens (including phenoxy) is 1. The molecule has 24 heavy (non-hydrogen) atoms. The van der Waals surface area contributed by atoms with Gasteiger partial charge in [-0.1, -0.05) is 22.8 Å². The highest BCUT2D eigenvalue weighted by molar-refractivity contribution is 6.30. The second-order valence-electron chi connectivity index (χ2n) is 5.15. The number of benzene rings is 2. The van der Waals surface area contributed by atoms with Crippen LogP contribution in [0, 0.1) is 0 Å². The highest BCUT2D eigenvalue weighted by Crippen LogP contribution is 2.23. The summed E-state index contributed by atoms with van der Waals surface area (Å²) in [5.41, 5.74) is 2.08. The molecule has 3 rings (SSSR count). The third-order valence-corrected chi connectivity index (χ3v) is 3.63. The number of hydrogen-bond donors (Lipinski definition) is 1. The van der Waals surface area contributed by atoms with E-state index in [2.05, 4.69) is 10.5 Å².